The lowest BCUT2D eigenvalue weighted by Crippen LogP contribution is -2.40. The molecule has 116 valence electrons. The van der Waals surface area contributed by atoms with Gasteiger partial charge in [0.25, 0.3) is 0 Å². The monoisotopic (exact) mass is 310 g/mol. The number of hydrogen-bond donors (Lipinski definition) is 1. The zero-order valence-electron chi connectivity index (χ0n) is 12.7. The number of unbranched alkanes of at least 4 members (excludes halogenated alkanes) is 2. The summed E-state index contributed by atoms with van der Waals surface area (Å²) in [6.07, 6.45) is 3.77. The van der Waals surface area contributed by atoms with Crippen molar-refractivity contribution in [2.75, 3.05) is 18.4 Å². The molecule has 0 fully saturated rings. The maximum atomic E-state index is 12.2. The van der Waals surface area contributed by atoms with Gasteiger partial charge in [0, 0.05) is 13.1 Å². The highest BCUT2D eigenvalue weighted by Crippen LogP contribution is 2.20. The van der Waals surface area contributed by atoms with E-state index in [4.69, 9.17) is 11.6 Å². The number of nitrogens with one attached hydrogen (secondary N) is 1. The van der Waals surface area contributed by atoms with Crippen molar-refractivity contribution in [2.45, 2.75) is 39.5 Å². The second kappa shape index (κ2) is 9.40. The van der Waals surface area contributed by atoms with E-state index in [0.717, 1.165) is 25.7 Å². The van der Waals surface area contributed by atoms with Gasteiger partial charge in [0.2, 0.25) is 0 Å². The van der Waals surface area contributed by atoms with E-state index in [2.05, 4.69) is 19.2 Å². The Bertz CT molecular complexity index is 469. The van der Waals surface area contributed by atoms with Crippen LogP contribution < -0.4 is 5.32 Å². The maximum absolute atomic E-state index is 12.2. The van der Waals surface area contributed by atoms with E-state index in [-0.39, 0.29) is 0 Å². The van der Waals surface area contributed by atoms with Crippen LogP contribution in [0.4, 0.5) is 5.69 Å². The third kappa shape index (κ3) is 5.76. The quantitative estimate of drug-likeness (QED) is 0.781. The molecule has 0 unspecified atom stereocenters. The molecule has 1 aromatic carbocycles. The molecule has 1 rings (SSSR count). The van der Waals surface area contributed by atoms with E-state index < -0.39 is 11.8 Å². The minimum Gasteiger partial charge on any atom is -0.334 e. The first-order valence-electron chi connectivity index (χ1n) is 7.44. The molecule has 0 bridgehead atoms. The van der Waals surface area contributed by atoms with Gasteiger partial charge in [-0.05, 0) is 25.0 Å². The average molecular weight is 311 g/mol. The summed E-state index contributed by atoms with van der Waals surface area (Å²) >= 11 is 5.98. The summed E-state index contributed by atoms with van der Waals surface area (Å²) in [6, 6.07) is 6.88. The van der Waals surface area contributed by atoms with Gasteiger partial charge >= 0.3 is 11.8 Å². The highest BCUT2D eigenvalue weighted by molar-refractivity contribution is 6.41. The molecule has 1 N–H and O–H groups in total. The summed E-state index contributed by atoms with van der Waals surface area (Å²) in [5.74, 6) is -1.12. The van der Waals surface area contributed by atoms with Crippen LogP contribution in [0.25, 0.3) is 0 Å². The fourth-order valence-electron chi connectivity index (χ4n) is 1.89. The van der Waals surface area contributed by atoms with Crippen LogP contribution in [-0.4, -0.2) is 29.8 Å². The first-order chi connectivity index (χ1) is 10.1. The molecular weight excluding hydrogens is 288 g/mol. The van der Waals surface area contributed by atoms with Crippen molar-refractivity contribution in [3.05, 3.63) is 29.3 Å². The van der Waals surface area contributed by atoms with E-state index in [0.29, 0.717) is 23.8 Å². The number of benzene rings is 1. The van der Waals surface area contributed by atoms with Crippen LogP contribution in [0.1, 0.15) is 39.5 Å². The molecule has 2 amide bonds. The lowest BCUT2D eigenvalue weighted by molar-refractivity contribution is -0.143. The summed E-state index contributed by atoms with van der Waals surface area (Å²) in [5.41, 5.74) is 0.462. The summed E-state index contributed by atoms with van der Waals surface area (Å²) < 4.78 is 0. The number of nitrogens with zero attached hydrogens (tertiary/aromatic N) is 1. The summed E-state index contributed by atoms with van der Waals surface area (Å²) in [6.45, 7) is 5.36. The zero-order valence-corrected chi connectivity index (χ0v) is 13.4. The molecule has 0 heterocycles. The molecule has 5 heteroatoms. The second-order valence-electron chi connectivity index (χ2n) is 4.93. The minimum absolute atomic E-state index is 0.423. The van der Waals surface area contributed by atoms with Gasteiger partial charge in [-0.15, -0.1) is 0 Å². The van der Waals surface area contributed by atoms with Gasteiger partial charge in [0.1, 0.15) is 0 Å². The largest absolute Gasteiger partial charge is 0.334 e. The van der Waals surface area contributed by atoms with Crippen LogP contribution in [0.5, 0.6) is 0 Å². The van der Waals surface area contributed by atoms with Crippen LogP contribution in [0.3, 0.4) is 0 Å². The van der Waals surface area contributed by atoms with Gasteiger partial charge in [0.05, 0.1) is 10.7 Å². The van der Waals surface area contributed by atoms with Crippen molar-refractivity contribution in [1.82, 2.24) is 4.90 Å². The summed E-state index contributed by atoms with van der Waals surface area (Å²) in [7, 11) is 0. The molecule has 0 aliphatic heterocycles. The molecule has 0 saturated heterocycles. The van der Waals surface area contributed by atoms with Crippen molar-refractivity contribution in [3.63, 3.8) is 0 Å². The van der Waals surface area contributed by atoms with Gasteiger partial charge in [-0.1, -0.05) is 50.4 Å². The Balaban J connectivity index is 2.68. The van der Waals surface area contributed by atoms with Crippen molar-refractivity contribution in [2.24, 2.45) is 0 Å². The number of carbonyl (C=O) groups is 2. The van der Waals surface area contributed by atoms with Crippen LogP contribution in [0.15, 0.2) is 24.3 Å². The number of rotatable bonds is 7. The molecule has 0 aliphatic carbocycles. The standard InChI is InChI=1S/C16H23ClN2O2/c1-3-5-11-19(12-6-4-2)16(21)15(20)18-14-10-8-7-9-13(14)17/h7-10H,3-6,11-12H2,1-2H3,(H,18,20). The molecular formula is C16H23ClN2O2. The van der Waals surface area contributed by atoms with Crippen LogP contribution >= 0.6 is 11.6 Å². The number of para-hydroxylation sites is 1. The number of carbonyl (C=O) groups excluding carboxylic acids is 2. The predicted octanol–water partition coefficient (Wildman–Crippen LogP) is 3.71. The zero-order chi connectivity index (χ0) is 15.7. The van der Waals surface area contributed by atoms with Crippen LogP contribution in [-0.2, 0) is 9.59 Å². The number of halogens is 1. The first kappa shape index (κ1) is 17.5. The molecule has 1 aromatic rings. The highest BCUT2D eigenvalue weighted by Gasteiger charge is 2.21. The molecule has 0 aromatic heterocycles. The first-order valence-corrected chi connectivity index (χ1v) is 7.82. The normalized spacial score (nSPS) is 10.2. The minimum atomic E-state index is -0.629. The molecule has 0 radical (unpaired) electrons. The van der Waals surface area contributed by atoms with Crippen LogP contribution in [0.2, 0.25) is 5.02 Å². The second-order valence-corrected chi connectivity index (χ2v) is 5.34. The maximum Gasteiger partial charge on any atom is 0.313 e. The summed E-state index contributed by atoms with van der Waals surface area (Å²) in [4.78, 5) is 25.9. The molecule has 0 atom stereocenters. The van der Waals surface area contributed by atoms with E-state index in [1.165, 1.54) is 0 Å². The third-order valence-electron chi connectivity index (χ3n) is 3.17. The van der Waals surface area contributed by atoms with Gasteiger partial charge in [0.15, 0.2) is 0 Å². The third-order valence-corrected chi connectivity index (χ3v) is 3.50. The topological polar surface area (TPSA) is 49.4 Å². The van der Waals surface area contributed by atoms with E-state index >= 15 is 0 Å². The van der Waals surface area contributed by atoms with Crippen molar-refractivity contribution in [1.29, 1.82) is 0 Å². The highest BCUT2D eigenvalue weighted by atomic mass is 35.5. The Labute approximate surface area is 131 Å². The van der Waals surface area contributed by atoms with Crippen LogP contribution in [0, 0.1) is 0 Å². The lowest BCUT2D eigenvalue weighted by Gasteiger charge is -2.21. The Hall–Kier alpha value is -1.55. The number of anilines is 1. The fourth-order valence-corrected chi connectivity index (χ4v) is 2.08. The van der Waals surface area contributed by atoms with E-state index in [1.807, 2.05) is 0 Å². The lowest BCUT2D eigenvalue weighted by atomic mass is 10.2. The van der Waals surface area contributed by atoms with Gasteiger partial charge in [-0.25, -0.2) is 0 Å². The molecule has 0 aliphatic rings. The number of hydrogen-bond acceptors (Lipinski definition) is 2. The Morgan fingerprint density at radius 3 is 2.19 bits per heavy atom. The Morgan fingerprint density at radius 2 is 1.67 bits per heavy atom. The molecule has 4 nitrogen and oxygen atoms in total. The molecule has 0 saturated carbocycles. The van der Waals surface area contributed by atoms with Gasteiger partial charge in [-0.2, -0.15) is 0 Å². The van der Waals surface area contributed by atoms with E-state index in [1.54, 1.807) is 29.2 Å². The summed E-state index contributed by atoms with van der Waals surface area (Å²) in [5, 5.41) is 3.00. The van der Waals surface area contributed by atoms with Gasteiger partial charge < -0.3 is 10.2 Å². The predicted molar refractivity (Wildman–Crippen MR) is 86.5 cm³/mol. The molecule has 21 heavy (non-hydrogen) atoms. The van der Waals surface area contributed by atoms with Crippen molar-refractivity contribution in [3.8, 4) is 0 Å². The van der Waals surface area contributed by atoms with Crippen molar-refractivity contribution >= 4 is 29.1 Å². The van der Waals surface area contributed by atoms with Crippen molar-refractivity contribution < 1.29 is 9.59 Å². The molecule has 0 spiro atoms. The SMILES string of the molecule is CCCCN(CCCC)C(=O)C(=O)Nc1ccccc1Cl. The Morgan fingerprint density at radius 1 is 1.10 bits per heavy atom. The fraction of sp³-hybridized carbons (Fsp3) is 0.500. The number of amides is 2. The van der Waals surface area contributed by atoms with Gasteiger partial charge in [-0.3, -0.25) is 9.59 Å². The Kier molecular flexibility index (Phi) is 7.83. The smallest absolute Gasteiger partial charge is 0.313 e. The van der Waals surface area contributed by atoms with E-state index in [9.17, 15) is 9.59 Å². The average Bonchev–Trinajstić information content (AvgIpc) is 2.49.